The van der Waals surface area contributed by atoms with Crippen molar-refractivity contribution in [2.24, 2.45) is 5.16 Å². The smallest absolute Gasteiger partial charge is 0.179 e. The summed E-state index contributed by atoms with van der Waals surface area (Å²) in [5.74, 6) is 0.451. The summed E-state index contributed by atoms with van der Waals surface area (Å²) in [6.07, 6.45) is 0. The minimum absolute atomic E-state index is 0.112. The molecule has 0 fully saturated rings. The van der Waals surface area contributed by atoms with E-state index >= 15 is 0 Å². The predicted molar refractivity (Wildman–Crippen MR) is 51.9 cm³/mol. The van der Waals surface area contributed by atoms with E-state index in [4.69, 9.17) is 26.8 Å². The van der Waals surface area contributed by atoms with Gasteiger partial charge in [-0.2, -0.15) is 5.26 Å². The number of hydrogen-bond donors (Lipinski definition) is 1. The van der Waals surface area contributed by atoms with Gasteiger partial charge in [0.1, 0.15) is 5.75 Å². The Hall–Kier alpha value is -1.73. The molecule has 0 atom stereocenters. The van der Waals surface area contributed by atoms with Gasteiger partial charge < -0.3 is 9.94 Å². The van der Waals surface area contributed by atoms with Crippen molar-refractivity contribution in [3.63, 3.8) is 0 Å². The molecule has 1 aromatic rings. The first kappa shape index (κ1) is 10.4. The summed E-state index contributed by atoms with van der Waals surface area (Å²) in [5.41, 5.74) is 0.804. The normalized spacial score (nSPS) is 10.8. The van der Waals surface area contributed by atoms with Crippen LogP contribution < -0.4 is 4.74 Å². The van der Waals surface area contributed by atoms with Gasteiger partial charge in [0.05, 0.1) is 24.3 Å². The van der Waals surface area contributed by atoms with Crippen LogP contribution in [0.1, 0.15) is 11.1 Å². The average Bonchev–Trinajstić information content (AvgIpc) is 2.27. The molecule has 0 aliphatic rings. The van der Waals surface area contributed by atoms with Gasteiger partial charge in [0, 0.05) is 0 Å². The fourth-order valence-electron chi connectivity index (χ4n) is 0.993. The zero-order valence-electron chi connectivity index (χ0n) is 7.36. The molecule has 1 aromatic carbocycles. The van der Waals surface area contributed by atoms with Crippen LogP contribution in [0.2, 0.25) is 0 Å². The van der Waals surface area contributed by atoms with Crippen LogP contribution >= 0.6 is 11.6 Å². The number of oxime groups is 1. The van der Waals surface area contributed by atoms with Crippen LogP contribution in [0.5, 0.6) is 5.75 Å². The fraction of sp³-hybridized carbons (Fsp3) is 0.111. The highest BCUT2D eigenvalue weighted by atomic mass is 35.5. The molecule has 14 heavy (non-hydrogen) atoms. The van der Waals surface area contributed by atoms with E-state index in [1.807, 2.05) is 6.07 Å². The third-order valence-corrected chi connectivity index (χ3v) is 1.92. The number of rotatable bonds is 2. The molecule has 0 aliphatic heterocycles. The highest BCUT2D eigenvalue weighted by Crippen LogP contribution is 2.21. The van der Waals surface area contributed by atoms with E-state index in [0.717, 1.165) is 0 Å². The number of hydrogen-bond acceptors (Lipinski definition) is 4. The molecule has 5 heteroatoms. The van der Waals surface area contributed by atoms with Crippen molar-refractivity contribution in [2.45, 2.75) is 0 Å². The van der Waals surface area contributed by atoms with Crippen LogP contribution in [0.25, 0.3) is 0 Å². The lowest BCUT2D eigenvalue weighted by Crippen LogP contribution is -1.97. The predicted octanol–water partition coefficient (Wildman–Crippen LogP) is 1.94. The molecule has 0 aliphatic carbocycles. The Morgan fingerprint density at radius 2 is 2.36 bits per heavy atom. The van der Waals surface area contributed by atoms with E-state index < -0.39 is 0 Å². The molecule has 72 valence electrons. The second-order valence-corrected chi connectivity index (χ2v) is 2.78. The van der Waals surface area contributed by atoms with Gasteiger partial charge in [0.2, 0.25) is 0 Å². The lowest BCUT2D eigenvalue weighted by molar-refractivity contribution is 0.320. The summed E-state index contributed by atoms with van der Waals surface area (Å²) >= 11 is 5.61. The Labute approximate surface area is 86.0 Å². The van der Waals surface area contributed by atoms with Crippen LogP contribution in [0.15, 0.2) is 23.4 Å². The Balaban J connectivity index is 3.30. The Morgan fingerprint density at radius 1 is 1.64 bits per heavy atom. The molecule has 0 saturated carbocycles. The first-order valence-corrected chi connectivity index (χ1v) is 4.06. The molecular formula is C9H7ClN2O2. The third-order valence-electron chi connectivity index (χ3n) is 1.64. The quantitative estimate of drug-likeness (QED) is 0.461. The summed E-state index contributed by atoms with van der Waals surface area (Å²) < 4.78 is 4.98. The lowest BCUT2D eigenvalue weighted by Gasteiger charge is -2.05. The summed E-state index contributed by atoms with van der Waals surface area (Å²) in [6, 6.07) is 6.61. The van der Waals surface area contributed by atoms with Crippen molar-refractivity contribution >= 4 is 16.8 Å². The standard InChI is InChI=1S/C9H7ClN2O2/c1-14-8-3-2-6(5-11)4-7(8)9(10)12-13/h2-4,13H,1H3/b12-9-. The molecule has 0 bridgehead atoms. The van der Waals surface area contributed by atoms with Gasteiger partial charge in [0.25, 0.3) is 0 Å². The summed E-state index contributed by atoms with van der Waals surface area (Å²) in [6.45, 7) is 0. The molecule has 1 N–H and O–H groups in total. The molecule has 0 amide bonds. The Morgan fingerprint density at radius 3 is 2.86 bits per heavy atom. The minimum atomic E-state index is -0.112. The number of benzene rings is 1. The molecule has 0 radical (unpaired) electrons. The zero-order chi connectivity index (χ0) is 10.6. The second kappa shape index (κ2) is 4.49. The largest absolute Gasteiger partial charge is 0.496 e. The van der Waals surface area contributed by atoms with Gasteiger partial charge in [-0.05, 0) is 18.2 Å². The van der Waals surface area contributed by atoms with Crippen molar-refractivity contribution in [2.75, 3.05) is 7.11 Å². The molecular weight excluding hydrogens is 204 g/mol. The van der Waals surface area contributed by atoms with E-state index in [-0.39, 0.29) is 5.17 Å². The van der Waals surface area contributed by atoms with Crippen LogP contribution in [0.3, 0.4) is 0 Å². The van der Waals surface area contributed by atoms with E-state index in [9.17, 15) is 0 Å². The van der Waals surface area contributed by atoms with Crippen molar-refractivity contribution in [1.29, 1.82) is 5.26 Å². The number of nitrogens with zero attached hydrogens (tertiary/aromatic N) is 2. The maximum Gasteiger partial charge on any atom is 0.179 e. The highest BCUT2D eigenvalue weighted by Gasteiger charge is 2.09. The van der Waals surface area contributed by atoms with Crippen molar-refractivity contribution in [1.82, 2.24) is 0 Å². The van der Waals surface area contributed by atoms with E-state index in [2.05, 4.69) is 5.16 Å². The summed E-state index contributed by atoms with van der Waals surface area (Å²) in [5, 5.41) is 19.9. The molecule has 0 heterocycles. The van der Waals surface area contributed by atoms with Gasteiger partial charge in [-0.15, -0.1) is 0 Å². The number of halogens is 1. The first-order chi connectivity index (χ1) is 6.72. The topological polar surface area (TPSA) is 65.6 Å². The van der Waals surface area contributed by atoms with Crippen LogP contribution in [-0.4, -0.2) is 17.5 Å². The molecule has 0 saturated heterocycles. The van der Waals surface area contributed by atoms with Gasteiger partial charge in [0.15, 0.2) is 5.17 Å². The van der Waals surface area contributed by atoms with Crippen molar-refractivity contribution in [3.05, 3.63) is 29.3 Å². The summed E-state index contributed by atoms with van der Waals surface area (Å²) in [4.78, 5) is 0. The fourth-order valence-corrected chi connectivity index (χ4v) is 1.14. The molecule has 0 spiro atoms. The van der Waals surface area contributed by atoms with E-state index in [1.54, 1.807) is 12.1 Å². The Kier molecular flexibility index (Phi) is 3.32. The first-order valence-electron chi connectivity index (χ1n) is 3.69. The van der Waals surface area contributed by atoms with Crippen molar-refractivity contribution in [3.8, 4) is 11.8 Å². The maximum atomic E-state index is 8.64. The van der Waals surface area contributed by atoms with Crippen LogP contribution in [0.4, 0.5) is 0 Å². The third kappa shape index (κ3) is 1.95. The van der Waals surface area contributed by atoms with Gasteiger partial charge >= 0.3 is 0 Å². The van der Waals surface area contributed by atoms with Crippen LogP contribution in [0, 0.1) is 11.3 Å². The van der Waals surface area contributed by atoms with Crippen molar-refractivity contribution < 1.29 is 9.94 Å². The zero-order valence-corrected chi connectivity index (χ0v) is 8.12. The molecule has 4 nitrogen and oxygen atoms in total. The minimum Gasteiger partial charge on any atom is -0.496 e. The monoisotopic (exact) mass is 210 g/mol. The van der Waals surface area contributed by atoms with Gasteiger partial charge in [-0.1, -0.05) is 16.8 Å². The average molecular weight is 211 g/mol. The van der Waals surface area contributed by atoms with Gasteiger partial charge in [-0.25, -0.2) is 0 Å². The number of nitriles is 1. The summed E-state index contributed by atoms with van der Waals surface area (Å²) in [7, 11) is 1.46. The molecule has 0 unspecified atom stereocenters. The highest BCUT2D eigenvalue weighted by molar-refractivity contribution is 6.69. The number of methoxy groups -OCH3 is 1. The van der Waals surface area contributed by atoms with E-state index in [0.29, 0.717) is 16.9 Å². The lowest BCUT2D eigenvalue weighted by atomic mass is 10.1. The van der Waals surface area contributed by atoms with Crippen LogP contribution in [-0.2, 0) is 0 Å². The second-order valence-electron chi connectivity index (χ2n) is 2.42. The Bertz CT molecular complexity index is 410. The number of ether oxygens (including phenoxy) is 1. The SMILES string of the molecule is COc1ccc(C#N)cc1/C(Cl)=N/O. The van der Waals surface area contributed by atoms with E-state index in [1.165, 1.54) is 13.2 Å². The maximum absolute atomic E-state index is 8.64. The van der Waals surface area contributed by atoms with Gasteiger partial charge in [-0.3, -0.25) is 0 Å². The molecule has 1 rings (SSSR count). The molecule has 0 aromatic heterocycles.